The van der Waals surface area contributed by atoms with Gasteiger partial charge in [0.25, 0.3) is 0 Å². The third-order valence-corrected chi connectivity index (χ3v) is 6.22. The van der Waals surface area contributed by atoms with Crippen molar-refractivity contribution in [2.45, 2.75) is 136 Å². The van der Waals surface area contributed by atoms with Gasteiger partial charge in [0, 0.05) is 23.7 Å². The lowest BCUT2D eigenvalue weighted by atomic mass is 10.0. The van der Waals surface area contributed by atoms with E-state index in [1.807, 2.05) is 20.8 Å². The molecule has 1 aromatic carbocycles. The maximum absolute atomic E-state index is 10.2. The number of aliphatic hydroxyl groups excluding tert-OH is 2. The molecule has 0 aliphatic carbocycles. The maximum atomic E-state index is 10.2. The SMILES string of the molecule is CC(C)(C)NCC(O)c1ccc(O)c(CO)c1.CCCCCCCCCCCCCCC/C=C\C(=O)O. The molecule has 0 aliphatic rings. The van der Waals surface area contributed by atoms with Crippen LogP contribution >= 0.6 is 0 Å². The van der Waals surface area contributed by atoms with Crippen LogP contribution in [-0.2, 0) is 11.4 Å². The van der Waals surface area contributed by atoms with Gasteiger partial charge in [-0.05, 0) is 51.3 Å². The van der Waals surface area contributed by atoms with Crippen LogP contribution in [0.1, 0.15) is 135 Å². The van der Waals surface area contributed by atoms with Crippen molar-refractivity contribution in [3.05, 3.63) is 41.5 Å². The highest BCUT2D eigenvalue weighted by molar-refractivity contribution is 5.79. The van der Waals surface area contributed by atoms with E-state index in [9.17, 15) is 15.0 Å². The van der Waals surface area contributed by atoms with E-state index in [-0.39, 0.29) is 17.9 Å². The Labute approximate surface area is 226 Å². The van der Waals surface area contributed by atoms with E-state index in [2.05, 4.69) is 12.2 Å². The van der Waals surface area contributed by atoms with Crippen LogP contribution in [0.25, 0.3) is 0 Å². The number of carbonyl (C=O) groups is 1. The summed E-state index contributed by atoms with van der Waals surface area (Å²) in [4.78, 5) is 10.2. The number of β-amino-alcohol motifs (C(OH)–C–C–N with tert-alkyl or cyclic N) is 1. The second-order valence-corrected chi connectivity index (χ2v) is 11.0. The number of aromatic hydroxyl groups is 1. The molecule has 0 fully saturated rings. The van der Waals surface area contributed by atoms with Crippen molar-refractivity contribution in [2.24, 2.45) is 0 Å². The van der Waals surface area contributed by atoms with E-state index in [1.165, 1.54) is 89.2 Å². The van der Waals surface area contributed by atoms with Crippen molar-refractivity contribution in [3.63, 3.8) is 0 Å². The Morgan fingerprint density at radius 1 is 0.919 bits per heavy atom. The number of carboxylic acids is 1. The quantitative estimate of drug-likeness (QED) is 0.0957. The molecule has 0 spiro atoms. The summed E-state index contributed by atoms with van der Waals surface area (Å²) in [5.41, 5.74) is 1.05. The first-order chi connectivity index (χ1) is 17.6. The number of benzene rings is 1. The highest BCUT2D eigenvalue weighted by atomic mass is 16.4. The molecule has 214 valence electrons. The summed E-state index contributed by atoms with van der Waals surface area (Å²) in [6.45, 7) is 8.53. The summed E-state index contributed by atoms with van der Waals surface area (Å²) < 4.78 is 0. The van der Waals surface area contributed by atoms with Crippen LogP contribution in [0.5, 0.6) is 5.75 Å². The molecule has 1 unspecified atom stereocenters. The monoisotopic (exact) mass is 521 g/mol. The van der Waals surface area contributed by atoms with Crippen LogP contribution in [0.4, 0.5) is 0 Å². The van der Waals surface area contributed by atoms with Crippen molar-refractivity contribution >= 4 is 5.97 Å². The largest absolute Gasteiger partial charge is 0.508 e. The molecule has 1 aromatic rings. The smallest absolute Gasteiger partial charge is 0.327 e. The molecule has 6 nitrogen and oxygen atoms in total. The second kappa shape index (κ2) is 22.1. The van der Waals surface area contributed by atoms with Crippen LogP contribution in [0, 0.1) is 0 Å². The molecule has 0 bridgehead atoms. The zero-order valence-corrected chi connectivity index (χ0v) is 24.0. The Hall–Kier alpha value is -1.89. The molecular weight excluding hydrogens is 466 g/mol. The molecule has 6 heteroatoms. The average Bonchev–Trinajstić information content (AvgIpc) is 2.85. The van der Waals surface area contributed by atoms with Crippen LogP contribution in [0.2, 0.25) is 0 Å². The van der Waals surface area contributed by atoms with Crippen molar-refractivity contribution < 1.29 is 25.2 Å². The van der Waals surface area contributed by atoms with Crippen LogP contribution in [-0.4, -0.2) is 38.5 Å². The third-order valence-electron chi connectivity index (χ3n) is 6.22. The number of aliphatic hydroxyl groups is 2. The predicted octanol–water partition coefficient (Wildman–Crippen LogP) is 7.41. The first-order valence-corrected chi connectivity index (χ1v) is 14.4. The van der Waals surface area contributed by atoms with Crippen molar-refractivity contribution in [2.75, 3.05) is 6.54 Å². The van der Waals surface area contributed by atoms with E-state index >= 15 is 0 Å². The Balaban J connectivity index is 0.000000708. The molecule has 0 amide bonds. The molecule has 1 atom stereocenters. The second-order valence-electron chi connectivity index (χ2n) is 11.0. The average molecular weight is 522 g/mol. The lowest BCUT2D eigenvalue weighted by molar-refractivity contribution is -0.131. The van der Waals surface area contributed by atoms with Gasteiger partial charge >= 0.3 is 5.97 Å². The minimum atomic E-state index is -0.834. The number of hydrogen-bond acceptors (Lipinski definition) is 5. The van der Waals surface area contributed by atoms with Gasteiger partial charge in [-0.1, -0.05) is 96.1 Å². The van der Waals surface area contributed by atoms with Gasteiger partial charge in [0.2, 0.25) is 0 Å². The molecule has 5 N–H and O–H groups in total. The fourth-order valence-electron chi connectivity index (χ4n) is 3.92. The number of phenols is 1. The van der Waals surface area contributed by atoms with Gasteiger partial charge in [0.1, 0.15) is 5.75 Å². The minimum Gasteiger partial charge on any atom is -0.508 e. The van der Waals surface area contributed by atoms with E-state index < -0.39 is 12.1 Å². The number of unbranched alkanes of at least 4 members (excludes halogenated alkanes) is 13. The first kappa shape index (κ1) is 35.1. The first-order valence-electron chi connectivity index (χ1n) is 14.4. The van der Waals surface area contributed by atoms with Crippen LogP contribution < -0.4 is 5.32 Å². The molecule has 37 heavy (non-hydrogen) atoms. The van der Waals surface area contributed by atoms with E-state index in [4.69, 9.17) is 10.2 Å². The summed E-state index contributed by atoms with van der Waals surface area (Å²) in [5.74, 6) is -0.785. The Bertz CT molecular complexity index is 727. The molecular formula is C31H55NO5. The van der Waals surface area contributed by atoms with Crippen LogP contribution in [0.3, 0.4) is 0 Å². The molecule has 0 radical (unpaired) electrons. The number of aliphatic carboxylic acids is 1. The van der Waals surface area contributed by atoms with Crippen molar-refractivity contribution in [3.8, 4) is 5.75 Å². The van der Waals surface area contributed by atoms with E-state index in [1.54, 1.807) is 18.2 Å². The summed E-state index contributed by atoms with van der Waals surface area (Å²) in [6, 6.07) is 4.76. The lowest BCUT2D eigenvalue weighted by Crippen LogP contribution is -2.38. The highest BCUT2D eigenvalue weighted by Gasteiger charge is 2.14. The summed E-state index contributed by atoms with van der Waals surface area (Å²) in [7, 11) is 0. The Kier molecular flexibility index (Phi) is 21.0. The van der Waals surface area contributed by atoms with Gasteiger partial charge in [0.05, 0.1) is 12.7 Å². The predicted molar refractivity (Wildman–Crippen MR) is 154 cm³/mol. The number of rotatable bonds is 19. The number of carboxylic acid groups (broad SMARTS) is 1. The summed E-state index contributed by atoms with van der Waals surface area (Å²) in [5, 5.41) is 40.0. The third kappa shape index (κ3) is 21.9. The molecule has 0 aliphatic heterocycles. The molecule has 0 saturated carbocycles. The lowest BCUT2D eigenvalue weighted by Gasteiger charge is -2.23. The number of allylic oxidation sites excluding steroid dienone is 1. The van der Waals surface area contributed by atoms with Gasteiger partial charge in [-0.3, -0.25) is 0 Å². The Morgan fingerprint density at radius 2 is 1.43 bits per heavy atom. The van der Waals surface area contributed by atoms with Crippen molar-refractivity contribution in [1.82, 2.24) is 5.32 Å². The number of nitrogens with one attached hydrogen (secondary N) is 1. The van der Waals surface area contributed by atoms with Crippen LogP contribution in [0.15, 0.2) is 30.4 Å². The standard InChI is InChI=1S/C18H34O2.C13H21NO3/c1-2-3-4-5-6-7-8-9-10-11-12-13-14-15-16-17-18(19)20;1-13(2,3)14-7-12(17)9-4-5-11(16)10(6-9)8-15/h16-17H,2-15H2,1H3,(H,19,20);4-6,12,14-17H,7-8H2,1-3H3/b17-16-;. The zero-order valence-electron chi connectivity index (χ0n) is 24.0. The molecule has 0 saturated heterocycles. The van der Waals surface area contributed by atoms with Crippen molar-refractivity contribution in [1.29, 1.82) is 0 Å². The molecule has 0 heterocycles. The van der Waals surface area contributed by atoms with Gasteiger partial charge in [-0.25, -0.2) is 4.79 Å². The summed E-state index contributed by atoms with van der Waals surface area (Å²) >= 11 is 0. The molecule has 0 aromatic heterocycles. The van der Waals surface area contributed by atoms with Gasteiger partial charge in [-0.15, -0.1) is 0 Å². The number of hydrogen-bond donors (Lipinski definition) is 5. The topological polar surface area (TPSA) is 110 Å². The fraction of sp³-hybridized carbons (Fsp3) is 0.710. The summed E-state index contributed by atoms with van der Waals surface area (Å²) in [6.07, 6.45) is 20.9. The Morgan fingerprint density at radius 3 is 1.89 bits per heavy atom. The zero-order chi connectivity index (χ0) is 27.9. The fourth-order valence-corrected chi connectivity index (χ4v) is 3.92. The normalized spacial score (nSPS) is 12.4. The van der Waals surface area contributed by atoms with E-state index in [0.29, 0.717) is 17.7 Å². The molecule has 1 rings (SSSR count). The van der Waals surface area contributed by atoms with Gasteiger partial charge < -0.3 is 25.7 Å². The van der Waals surface area contributed by atoms with E-state index in [0.717, 1.165) is 12.8 Å². The minimum absolute atomic E-state index is 0.0484. The maximum Gasteiger partial charge on any atom is 0.327 e. The highest BCUT2D eigenvalue weighted by Crippen LogP contribution is 2.22. The van der Waals surface area contributed by atoms with Gasteiger partial charge in [0.15, 0.2) is 0 Å². The van der Waals surface area contributed by atoms with Gasteiger partial charge in [-0.2, -0.15) is 0 Å².